The van der Waals surface area contributed by atoms with Gasteiger partial charge >= 0.3 is 5.92 Å². The van der Waals surface area contributed by atoms with Crippen molar-refractivity contribution in [1.82, 2.24) is 30.5 Å². The van der Waals surface area contributed by atoms with Gasteiger partial charge in [0.1, 0.15) is 36.0 Å². The second kappa shape index (κ2) is 13.0. The monoisotopic (exact) mass is 602 g/mol. The molecule has 0 saturated carbocycles. The Balaban J connectivity index is 1.29. The van der Waals surface area contributed by atoms with Crippen molar-refractivity contribution in [2.24, 2.45) is 0 Å². The molecule has 224 valence electrons. The summed E-state index contributed by atoms with van der Waals surface area (Å²) in [6.45, 7) is 0.259. The molecule has 12 heteroatoms. The van der Waals surface area contributed by atoms with Gasteiger partial charge in [-0.05, 0) is 77.1 Å². The number of nitrogens with one attached hydrogen (secondary N) is 1. The highest BCUT2D eigenvalue weighted by Crippen LogP contribution is 2.46. The van der Waals surface area contributed by atoms with Gasteiger partial charge < -0.3 is 15.2 Å². The highest BCUT2D eigenvalue weighted by Gasteiger charge is 2.58. The quantitative estimate of drug-likeness (QED) is 0.176. The van der Waals surface area contributed by atoms with E-state index in [1.54, 1.807) is 24.3 Å². The zero-order chi connectivity index (χ0) is 31.2. The number of hydrogen-bond donors (Lipinski definition) is 2. The van der Waals surface area contributed by atoms with Gasteiger partial charge in [-0.3, -0.25) is 4.98 Å². The van der Waals surface area contributed by atoms with Gasteiger partial charge in [-0.25, -0.2) is 13.5 Å². The lowest BCUT2D eigenvalue weighted by Gasteiger charge is -2.35. The Labute approximate surface area is 250 Å². The molecule has 0 fully saturated rings. The van der Waals surface area contributed by atoms with Gasteiger partial charge in [-0.15, -0.1) is 5.10 Å². The number of halogens is 4. The Morgan fingerprint density at radius 2 is 1.61 bits per heavy atom. The minimum Gasteiger partial charge on any atom is -0.489 e. The fourth-order valence-corrected chi connectivity index (χ4v) is 4.43. The van der Waals surface area contributed by atoms with Crippen LogP contribution in [0.5, 0.6) is 5.75 Å². The zero-order valence-electron chi connectivity index (χ0n) is 23.4. The Bertz CT molecular complexity index is 1750. The van der Waals surface area contributed by atoms with E-state index < -0.39 is 41.0 Å². The number of nitrogens with zero attached hydrogens (tertiary/aromatic N) is 5. The van der Waals surface area contributed by atoms with Gasteiger partial charge in [0.25, 0.3) is 0 Å². The van der Waals surface area contributed by atoms with E-state index in [4.69, 9.17) is 4.74 Å². The highest BCUT2D eigenvalue weighted by atomic mass is 19.3. The first-order chi connectivity index (χ1) is 21.2. The summed E-state index contributed by atoms with van der Waals surface area (Å²) < 4.78 is 66.7. The van der Waals surface area contributed by atoms with Crippen LogP contribution in [-0.2, 0) is 31.2 Å². The van der Waals surface area contributed by atoms with Crippen LogP contribution in [0.15, 0.2) is 91.4 Å². The summed E-state index contributed by atoms with van der Waals surface area (Å²) in [5.41, 5.74) is -1.73. The topological polar surface area (TPSA) is 98.0 Å². The van der Waals surface area contributed by atoms with Gasteiger partial charge in [0.2, 0.25) is 0 Å². The minimum absolute atomic E-state index is 0.323. The number of aromatic nitrogens is 5. The number of hydrogen-bond acceptors (Lipinski definition) is 7. The van der Waals surface area contributed by atoms with Crippen LogP contribution >= 0.6 is 0 Å². The van der Waals surface area contributed by atoms with Crippen LogP contribution in [0.4, 0.5) is 17.6 Å². The maximum atomic E-state index is 15.9. The molecule has 0 aliphatic carbocycles. The van der Waals surface area contributed by atoms with E-state index in [2.05, 4.69) is 37.7 Å². The lowest BCUT2D eigenvalue weighted by Crippen LogP contribution is -2.48. The number of rotatable bonds is 10. The molecule has 5 rings (SSSR count). The summed E-state index contributed by atoms with van der Waals surface area (Å²) in [6, 6.07) is 19.4. The molecule has 0 saturated heterocycles. The maximum absolute atomic E-state index is 15.9. The molecule has 5 aromatic rings. The third kappa shape index (κ3) is 6.75. The molecule has 2 N–H and O–H groups in total. The smallest absolute Gasteiger partial charge is 0.323 e. The van der Waals surface area contributed by atoms with Gasteiger partial charge in [0, 0.05) is 35.5 Å². The largest absolute Gasteiger partial charge is 0.489 e. The van der Waals surface area contributed by atoms with Crippen molar-refractivity contribution >= 4 is 0 Å². The van der Waals surface area contributed by atoms with Crippen LogP contribution in [0, 0.1) is 23.5 Å². The van der Waals surface area contributed by atoms with Crippen molar-refractivity contribution in [3.8, 4) is 17.6 Å². The summed E-state index contributed by atoms with van der Waals surface area (Å²) in [6.07, 6.45) is 2.10. The number of benzene rings is 3. The van der Waals surface area contributed by atoms with Gasteiger partial charge in [-0.1, -0.05) is 36.1 Å². The van der Waals surface area contributed by atoms with E-state index in [0.29, 0.717) is 29.5 Å². The molecule has 0 aliphatic heterocycles. The van der Waals surface area contributed by atoms with E-state index in [1.165, 1.54) is 11.6 Å². The van der Waals surface area contributed by atoms with Gasteiger partial charge in [-0.2, -0.15) is 8.78 Å². The standard InChI is InChI=1S/C32H26F4N6O2/c1-37-17-23-4-6-25(7-5-23)19-44-27-12-8-22(9-13-27)2-3-24-10-15-30(38-18-24)32(35,36)31(43,20-42-21-39-40-41-42)28-14-11-26(33)16-29(28)34/h4-16,18,21,37,43H,17,19-20H2,1H3. The zero-order valence-corrected chi connectivity index (χ0v) is 23.4. The van der Waals surface area contributed by atoms with Gasteiger partial charge in [0.05, 0.1) is 6.54 Å². The average Bonchev–Trinajstić information content (AvgIpc) is 3.53. The van der Waals surface area contributed by atoms with Crippen LogP contribution in [0.3, 0.4) is 0 Å². The number of tetrazole rings is 1. The predicted octanol–water partition coefficient (Wildman–Crippen LogP) is 4.72. The molecule has 8 nitrogen and oxygen atoms in total. The van der Waals surface area contributed by atoms with Crippen LogP contribution in [0.2, 0.25) is 0 Å². The molecule has 0 bridgehead atoms. The van der Waals surface area contributed by atoms with Crippen LogP contribution < -0.4 is 10.1 Å². The van der Waals surface area contributed by atoms with Crippen LogP contribution in [0.1, 0.15) is 33.5 Å². The van der Waals surface area contributed by atoms with E-state index in [-0.39, 0.29) is 0 Å². The molecular formula is C32H26F4N6O2. The second-order valence-electron chi connectivity index (χ2n) is 9.91. The molecule has 0 radical (unpaired) electrons. The summed E-state index contributed by atoms with van der Waals surface area (Å²) in [4.78, 5) is 3.82. The Morgan fingerprint density at radius 3 is 2.25 bits per heavy atom. The predicted molar refractivity (Wildman–Crippen MR) is 152 cm³/mol. The Kier molecular flexibility index (Phi) is 8.99. The third-order valence-corrected chi connectivity index (χ3v) is 6.78. The molecule has 3 aromatic carbocycles. The lowest BCUT2D eigenvalue weighted by molar-refractivity contribution is -0.207. The summed E-state index contributed by atoms with van der Waals surface area (Å²) in [7, 11) is 1.89. The van der Waals surface area contributed by atoms with E-state index in [9.17, 15) is 13.9 Å². The molecule has 0 spiro atoms. The molecule has 0 aliphatic rings. The minimum atomic E-state index is -4.16. The Morgan fingerprint density at radius 1 is 0.909 bits per heavy atom. The van der Waals surface area contributed by atoms with Crippen LogP contribution in [-0.4, -0.2) is 37.3 Å². The third-order valence-electron chi connectivity index (χ3n) is 6.78. The first-order valence-electron chi connectivity index (χ1n) is 13.4. The normalized spacial score (nSPS) is 12.7. The molecule has 2 heterocycles. The fraction of sp³-hybridized carbons (Fsp3) is 0.188. The number of ether oxygens (including phenoxy) is 1. The molecule has 1 unspecified atom stereocenters. The fourth-order valence-electron chi connectivity index (χ4n) is 4.43. The van der Waals surface area contributed by atoms with Crippen molar-refractivity contribution in [3.63, 3.8) is 0 Å². The van der Waals surface area contributed by atoms with Crippen molar-refractivity contribution in [3.05, 3.63) is 137 Å². The number of alkyl halides is 2. The first kappa shape index (κ1) is 30.3. The molecule has 1 atom stereocenters. The number of aliphatic hydroxyl groups is 1. The van der Waals surface area contributed by atoms with Crippen molar-refractivity contribution in [2.75, 3.05) is 7.05 Å². The molecule has 0 amide bonds. The second-order valence-corrected chi connectivity index (χ2v) is 9.91. The molecular weight excluding hydrogens is 576 g/mol. The van der Waals surface area contributed by atoms with Crippen molar-refractivity contribution < 1.29 is 27.4 Å². The average molecular weight is 603 g/mol. The van der Waals surface area contributed by atoms with E-state index >= 15 is 8.78 Å². The summed E-state index contributed by atoms with van der Waals surface area (Å²) in [5, 5.41) is 24.6. The van der Waals surface area contributed by atoms with Crippen molar-refractivity contribution in [2.45, 2.75) is 31.2 Å². The molecule has 44 heavy (non-hydrogen) atoms. The van der Waals surface area contributed by atoms with E-state index in [0.717, 1.165) is 47.5 Å². The molecule has 2 aromatic heterocycles. The van der Waals surface area contributed by atoms with Crippen LogP contribution in [0.25, 0.3) is 0 Å². The summed E-state index contributed by atoms with van der Waals surface area (Å²) >= 11 is 0. The first-order valence-corrected chi connectivity index (χ1v) is 13.4. The summed E-state index contributed by atoms with van der Waals surface area (Å²) in [5.74, 6) is -0.0572. The number of pyridine rings is 1. The maximum Gasteiger partial charge on any atom is 0.323 e. The lowest BCUT2D eigenvalue weighted by atomic mass is 9.84. The SMILES string of the molecule is CNCc1ccc(COc2ccc(C#Cc3ccc(C(F)(F)C(O)(Cn4cnnn4)c4ccc(F)cc4F)nc3)cc2)cc1. The highest BCUT2D eigenvalue weighted by molar-refractivity contribution is 5.44. The van der Waals surface area contributed by atoms with E-state index in [1.807, 2.05) is 31.3 Å². The van der Waals surface area contributed by atoms with Crippen molar-refractivity contribution in [1.29, 1.82) is 0 Å². The Hall–Kier alpha value is -5.12. The van der Waals surface area contributed by atoms with Gasteiger partial charge in [0.15, 0.2) is 5.60 Å².